The molecule has 1 rings (SSSR count). The van der Waals surface area contributed by atoms with E-state index in [1.165, 1.54) is 0 Å². The van der Waals surface area contributed by atoms with Crippen LogP contribution >= 0.6 is 0 Å². The van der Waals surface area contributed by atoms with E-state index < -0.39 is 12.1 Å². The zero-order valence-corrected chi connectivity index (χ0v) is 10.4. The van der Waals surface area contributed by atoms with Gasteiger partial charge in [0.05, 0.1) is 19.1 Å². The van der Waals surface area contributed by atoms with Crippen LogP contribution in [0.4, 0.5) is 0 Å². The molecule has 0 saturated carbocycles. The highest BCUT2D eigenvalue weighted by molar-refractivity contribution is 5.69. The first-order valence-electron chi connectivity index (χ1n) is 5.94. The maximum absolute atomic E-state index is 11.1. The number of aromatic hydroxyl groups is 1. The monoisotopic (exact) mass is 253 g/mol. The van der Waals surface area contributed by atoms with Crippen LogP contribution in [0.15, 0.2) is 24.3 Å². The smallest absolute Gasteiger partial charge is 0.308 e. The largest absolute Gasteiger partial charge is 0.508 e. The molecular weight excluding hydrogens is 234 g/mol. The van der Waals surface area contributed by atoms with E-state index in [1.807, 2.05) is 6.07 Å². The van der Waals surface area contributed by atoms with E-state index in [0.29, 0.717) is 13.2 Å². The fourth-order valence-corrected chi connectivity index (χ4v) is 1.52. The number of ether oxygens (including phenoxy) is 1. The van der Waals surface area contributed by atoms with Gasteiger partial charge in [-0.05, 0) is 13.0 Å². The minimum Gasteiger partial charge on any atom is -0.508 e. The first-order chi connectivity index (χ1) is 8.63. The summed E-state index contributed by atoms with van der Waals surface area (Å²) in [6, 6.07) is 6.96. The van der Waals surface area contributed by atoms with Crippen molar-refractivity contribution in [3.63, 3.8) is 0 Å². The number of para-hydroxylation sites is 1. The highest BCUT2D eigenvalue weighted by Gasteiger charge is 2.11. The second-order valence-electron chi connectivity index (χ2n) is 3.92. The minimum atomic E-state index is -0.782. The molecule has 5 nitrogen and oxygen atoms in total. The first-order valence-corrected chi connectivity index (χ1v) is 5.94. The molecule has 1 atom stereocenters. The minimum absolute atomic E-state index is 0.0262. The summed E-state index contributed by atoms with van der Waals surface area (Å²) in [7, 11) is 0. The van der Waals surface area contributed by atoms with E-state index in [-0.39, 0.29) is 18.7 Å². The average molecular weight is 253 g/mol. The van der Waals surface area contributed by atoms with Crippen molar-refractivity contribution in [3.8, 4) is 5.75 Å². The summed E-state index contributed by atoms with van der Waals surface area (Å²) in [5.41, 5.74) is 0.751. The Morgan fingerprint density at radius 1 is 1.44 bits per heavy atom. The molecule has 3 N–H and O–H groups in total. The maximum atomic E-state index is 11.1. The molecule has 0 aromatic heterocycles. The number of benzene rings is 1. The number of phenolic OH excluding ortho intramolecular Hbond substituents is 1. The highest BCUT2D eigenvalue weighted by Crippen LogP contribution is 2.14. The lowest BCUT2D eigenvalue weighted by Gasteiger charge is -2.11. The van der Waals surface area contributed by atoms with Gasteiger partial charge >= 0.3 is 5.97 Å². The number of phenols is 1. The van der Waals surface area contributed by atoms with Gasteiger partial charge in [-0.15, -0.1) is 0 Å². The van der Waals surface area contributed by atoms with Crippen molar-refractivity contribution >= 4 is 5.97 Å². The van der Waals surface area contributed by atoms with Crippen molar-refractivity contribution in [1.29, 1.82) is 0 Å². The summed E-state index contributed by atoms with van der Waals surface area (Å²) in [5, 5.41) is 22.1. The van der Waals surface area contributed by atoms with Gasteiger partial charge in [-0.25, -0.2) is 0 Å². The summed E-state index contributed by atoms with van der Waals surface area (Å²) in [4.78, 5) is 11.1. The lowest BCUT2D eigenvalue weighted by Crippen LogP contribution is -2.29. The first kappa shape index (κ1) is 14.5. The Labute approximate surface area is 106 Å². The molecule has 0 spiro atoms. The van der Waals surface area contributed by atoms with Crippen LogP contribution in [0.1, 0.15) is 18.9 Å². The SMILES string of the molecule is CCOC(=O)CC(O)CNCc1ccccc1O. The summed E-state index contributed by atoms with van der Waals surface area (Å²) in [5.74, 6) is -0.195. The number of hydrogen-bond donors (Lipinski definition) is 3. The second kappa shape index (κ2) is 7.68. The predicted molar refractivity (Wildman–Crippen MR) is 67.1 cm³/mol. The van der Waals surface area contributed by atoms with Crippen molar-refractivity contribution in [3.05, 3.63) is 29.8 Å². The van der Waals surface area contributed by atoms with Crippen LogP contribution in [0.25, 0.3) is 0 Å². The van der Waals surface area contributed by atoms with Crippen molar-refractivity contribution in [2.45, 2.75) is 26.0 Å². The van der Waals surface area contributed by atoms with Crippen molar-refractivity contribution in [1.82, 2.24) is 5.32 Å². The zero-order chi connectivity index (χ0) is 13.4. The van der Waals surface area contributed by atoms with Gasteiger partial charge in [0, 0.05) is 18.7 Å². The fraction of sp³-hybridized carbons (Fsp3) is 0.462. The molecule has 1 unspecified atom stereocenters. The number of carbonyl (C=O) groups is 1. The number of hydrogen-bond acceptors (Lipinski definition) is 5. The van der Waals surface area contributed by atoms with E-state index in [0.717, 1.165) is 5.56 Å². The lowest BCUT2D eigenvalue weighted by atomic mass is 10.2. The van der Waals surface area contributed by atoms with Gasteiger partial charge in [0.25, 0.3) is 0 Å². The maximum Gasteiger partial charge on any atom is 0.308 e. The molecule has 5 heteroatoms. The summed E-state index contributed by atoms with van der Waals surface area (Å²) in [6.45, 7) is 2.75. The number of carbonyl (C=O) groups excluding carboxylic acids is 1. The van der Waals surface area contributed by atoms with Crippen LogP contribution < -0.4 is 5.32 Å². The number of esters is 1. The number of rotatable bonds is 7. The standard InChI is InChI=1S/C13H19NO4/c1-2-18-13(17)7-11(15)9-14-8-10-5-3-4-6-12(10)16/h3-6,11,14-16H,2,7-9H2,1H3. The van der Waals surface area contributed by atoms with Gasteiger partial charge in [-0.1, -0.05) is 18.2 Å². The molecule has 0 heterocycles. The van der Waals surface area contributed by atoms with Crippen LogP contribution in [-0.2, 0) is 16.1 Å². The van der Waals surface area contributed by atoms with E-state index >= 15 is 0 Å². The fourth-order valence-electron chi connectivity index (χ4n) is 1.52. The molecule has 1 aromatic carbocycles. The highest BCUT2D eigenvalue weighted by atomic mass is 16.5. The second-order valence-corrected chi connectivity index (χ2v) is 3.92. The van der Waals surface area contributed by atoms with Gasteiger partial charge in [0.2, 0.25) is 0 Å². The molecule has 0 amide bonds. The molecule has 0 bridgehead atoms. The van der Waals surface area contributed by atoms with Crippen LogP contribution in [0.3, 0.4) is 0 Å². The topological polar surface area (TPSA) is 78.8 Å². The van der Waals surface area contributed by atoms with E-state index in [1.54, 1.807) is 25.1 Å². The molecule has 0 saturated heterocycles. The Hall–Kier alpha value is -1.59. The summed E-state index contributed by atoms with van der Waals surface area (Å²) >= 11 is 0. The van der Waals surface area contributed by atoms with Crippen molar-refractivity contribution in [2.75, 3.05) is 13.2 Å². The Morgan fingerprint density at radius 3 is 2.83 bits per heavy atom. The number of nitrogens with one attached hydrogen (secondary N) is 1. The van der Waals surface area contributed by atoms with Crippen LogP contribution in [-0.4, -0.2) is 35.4 Å². The van der Waals surface area contributed by atoms with E-state index in [4.69, 9.17) is 4.74 Å². The molecular formula is C13H19NO4. The van der Waals surface area contributed by atoms with Crippen LogP contribution in [0.2, 0.25) is 0 Å². The third-order valence-corrected chi connectivity index (χ3v) is 2.39. The molecule has 0 aliphatic heterocycles. The van der Waals surface area contributed by atoms with Crippen LogP contribution in [0.5, 0.6) is 5.75 Å². The Morgan fingerprint density at radius 2 is 2.17 bits per heavy atom. The van der Waals surface area contributed by atoms with Crippen molar-refractivity contribution < 1.29 is 19.7 Å². The third-order valence-electron chi connectivity index (χ3n) is 2.39. The Balaban J connectivity index is 2.25. The van der Waals surface area contributed by atoms with Gasteiger partial charge < -0.3 is 20.3 Å². The summed E-state index contributed by atoms with van der Waals surface area (Å²) < 4.78 is 4.73. The molecule has 0 aliphatic rings. The van der Waals surface area contributed by atoms with E-state index in [2.05, 4.69) is 5.32 Å². The molecule has 0 radical (unpaired) electrons. The summed E-state index contributed by atoms with van der Waals surface area (Å²) in [6.07, 6.45) is -0.809. The number of aliphatic hydroxyl groups excluding tert-OH is 1. The predicted octanol–water partition coefficient (Wildman–Crippen LogP) is 0.796. The average Bonchev–Trinajstić information content (AvgIpc) is 2.31. The van der Waals surface area contributed by atoms with Gasteiger partial charge in [-0.2, -0.15) is 0 Å². The van der Waals surface area contributed by atoms with Gasteiger partial charge in [0.1, 0.15) is 5.75 Å². The normalized spacial score (nSPS) is 12.1. The Bertz CT molecular complexity index is 381. The molecule has 0 fully saturated rings. The molecule has 18 heavy (non-hydrogen) atoms. The Kier molecular flexibility index (Phi) is 6.18. The molecule has 0 aliphatic carbocycles. The molecule has 100 valence electrons. The van der Waals surface area contributed by atoms with Crippen molar-refractivity contribution in [2.24, 2.45) is 0 Å². The number of aliphatic hydroxyl groups is 1. The third kappa shape index (κ3) is 5.16. The quantitative estimate of drug-likeness (QED) is 0.626. The van der Waals surface area contributed by atoms with Gasteiger partial charge in [0.15, 0.2) is 0 Å². The molecule has 1 aromatic rings. The van der Waals surface area contributed by atoms with Gasteiger partial charge in [-0.3, -0.25) is 4.79 Å². The lowest BCUT2D eigenvalue weighted by molar-refractivity contribution is -0.145. The van der Waals surface area contributed by atoms with Crippen LogP contribution in [0, 0.1) is 0 Å². The zero-order valence-electron chi connectivity index (χ0n) is 10.4. The van der Waals surface area contributed by atoms with E-state index in [9.17, 15) is 15.0 Å².